The summed E-state index contributed by atoms with van der Waals surface area (Å²) in [5, 5.41) is 2.54. The Hall–Kier alpha value is -4.82. The van der Waals surface area contributed by atoms with Crippen LogP contribution in [-0.2, 0) is 6.42 Å². The lowest BCUT2D eigenvalue weighted by Crippen LogP contribution is -2.18. The Balaban J connectivity index is 1.44. The third kappa shape index (κ3) is 4.78. The average Bonchev–Trinajstić information content (AvgIpc) is 3.36. The Kier molecular flexibility index (Phi) is 6.84. The highest BCUT2D eigenvalue weighted by Gasteiger charge is 2.15. The van der Waals surface area contributed by atoms with Crippen LogP contribution in [0.1, 0.15) is 18.1 Å². The van der Waals surface area contributed by atoms with Crippen molar-refractivity contribution in [3.63, 3.8) is 0 Å². The van der Waals surface area contributed by atoms with E-state index in [1.807, 2.05) is 6.08 Å². The highest BCUT2D eigenvalue weighted by atomic mass is 15.1. The number of rotatable bonds is 5. The summed E-state index contributed by atoms with van der Waals surface area (Å²) in [7, 11) is 0. The van der Waals surface area contributed by atoms with Crippen LogP contribution in [0.15, 0.2) is 146 Å². The molecule has 5 aromatic rings. The van der Waals surface area contributed by atoms with Crippen molar-refractivity contribution in [1.29, 1.82) is 0 Å². The second kappa shape index (κ2) is 10.9. The quantitative estimate of drug-likeness (QED) is 0.216. The second-order valence-corrected chi connectivity index (χ2v) is 9.86. The first-order valence-corrected chi connectivity index (χ1v) is 13.5. The molecule has 2 heterocycles. The van der Waals surface area contributed by atoms with Crippen LogP contribution in [0.4, 0.5) is 11.4 Å². The Labute approximate surface area is 230 Å². The summed E-state index contributed by atoms with van der Waals surface area (Å²) in [6, 6.07) is 34.8. The van der Waals surface area contributed by atoms with E-state index in [1.54, 1.807) is 0 Å². The first kappa shape index (κ1) is 24.5. The number of anilines is 2. The van der Waals surface area contributed by atoms with Crippen LogP contribution in [0.25, 0.3) is 33.1 Å². The smallest absolute Gasteiger partial charge is 0.0537 e. The standard InChI is InChI=1S/C37H32N2/c1-3-15-30(26-28(2)39-36-23-11-8-20-33(36)34-21-9-12-24-37(34)39)31-18-14-19-32(27-31)38-25-13-5-4-6-16-29-17-7-10-22-35(29)38/h3-15,17-24,26-27H,1,16,25H2,2H3/b6-4-,13-5-,28-26+,30-15+. The van der Waals surface area contributed by atoms with E-state index in [9.17, 15) is 0 Å². The van der Waals surface area contributed by atoms with Gasteiger partial charge in [-0.15, -0.1) is 0 Å². The van der Waals surface area contributed by atoms with Gasteiger partial charge in [0.05, 0.1) is 11.0 Å². The molecule has 0 fully saturated rings. The molecule has 0 saturated carbocycles. The Morgan fingerprint density at radius 2 is 1.46 bits per heavy atom. The molecule has 0 radical (unpaired) electrons. The predicted octanol–water partition coefficient (Wildman–Crippen LogP) is 9.73. The zero-order valence-corrected chi connectivity index (χ0v) is 22.3. The lowest BCUT2D eigenvalue weighted by Gasteiger charge is -2.26. The summed E-state index contributed by atoms with van der Waals surface area (Å²) >= 11 is 0. The van der Waals surface area contributed by atoms with Crippen molar-refractivity contribution in [1.82, 2.24) is 4.57 Å². The zero-order valence-electron chi connectivity index (χ0n) is 22.3. The van der Waals surface area contributed by atoms with Gasteiger partial charge in [-0.1, -0.05) is 110 Å². The molecule has 190 valence electrons. The number of benzene rings is 4. The van der Waals surface area contributed by atoms with Gasteiger partial charge in [0.15, 0.2) is 0 Å². The van der Waals surface area contributed by atoms with Gasteiger partial charge in [-0.2, -0.15) is 0 Å². The molecule has 0 atom stereocenters. The second-order valence-electron chi connectivity index (χ2n) is 9.86. The molecule has 2 heteroatoms. The van der Waals surface area contributed by atoms with Gasteiger partial charge in [0.2, 0.25) is 0 Å². The van der Waals surface area contributed by atoms with Crippen molar-refractivity contribution >= 4 is 44.5 Å². The molecule has 0 amide bonds. The maximum absolute atomic E-state index is 4.03. The molecule has 1 aliphatic heterocycles. The van der Waals surface area contributed by atoms with E-state index in [0.29, 0.717) is 0 Å². The van der Waals surface area contributed by atoms with E-state index in [1.165, 1.54) is 38.7 Å². The molecule has 2 nitrogen and oxygen atoms in total. The number of aromatic nitrogens is 1. The zero-order chi connectivity index (χ0) is 26.6. The lowest BCUT2D eigenvalue weighted by molar-refractivity contribution is 1.07. The molecule has 0 unspecified atom stereocenters. The van der Waals surface area contributed by atoms with Crippen molar-refractivity contribution in [2.75, 3.05) is 11.4 Å². The molecule has 0 bridgehead atoms. The monoisotopic (exact) mass is 504 g/mol. The number of para-hydroxylation sites is 3. The highest BCUT2D eigenvalue weighted by Crippen LogP contribution is 2.34. The van der Waals surface area contributed by atoms with Gasteiger partial charge >= 0.3 is 0 Å². The van der Waals surface area contributed by atoms with Crippen molar-refractivity contribution in [3.8, 4) is 0 Å². The fourth-order valence-electron chi connectivity index (χ4n) is 5.61. The molecule has 4 aromatic carbocycles. The summed E-state index contributed by atoms with van der Waals surface area (Å²) in [6.45, 7) is 7.03. The van der Waals surface area contributed by atoms with Crippen LogP contribution in [0, 0.1) is 0 Å². The van der Waals surface area contributed by atoms with Gasteiger partial charge < -0.3 is 9.47 Å². The minimum absolute atomic E-state index is 0.807. The van der Waals surface area contributed by atoms with Crippen LogP contribution in [0.3, 0.4) is 0 Å². The van der Waals surface area contributed by atoms with E-state index in [0.717, 1.165) is 29.8 Å². The third-order valence-corrected chi connectivity index (χ3v) is 7.38. The van der Waals surface area contributed by atoms with Crippen molar-refractivity contribution in [3.05, 3.63) is 157 Å². The summed E-state index contributed by atoms with van der Waals surface area (Å²) in [4.78, 5) is 2.40. The fraction of sp³-hybridized carbons (Fsp3) is 0.0811. The lowest BCUT2D eigenvalue weighted by atomic mass is 10.0. The minimum Gasteiger partial charge on any atom is -0.337 e. The number of fused-ring (bicyclic) bond motifs is 4. The van der Waals surface area contributed by atoms with Gasteiger partial charge in [-0.25, -0.2) is 0 Å². The van der Waals surface area contributed by atoms with Crippen LogP contribution in [0.2, 0.25) is 0 Å². The number of nitrogens with zero attached hydrogens (tertiary/aromatic N) is 2. The average molecular weight is 505 g/mol. The Morgan fingerprint density at radius 3 is 2.23 bits per heavy atom. The number of allylic oxidation sites excluding steroid dienone is 8. The molecular weight excluding hydrogens is 472 g/mol. The SMILES string of the molecule is C=C/C=C(\C=C(/C)n1c2ccccc2c2ccccc21)c1cccc(N2C/C=C\C=C/Cc3ccccc32)c1. The number of hydrogen-bond acceptors (Lipinski definition) is 1. The van der Waals surface area contributed by atoms with Gasteiger partial charge in [0.1, 0.15) is 0 Å². The van der Waals surface area contributed by atoms with Crippen molar-refractivity contribution in [2.24, 2.45) is 0 Å². The van der Waals surface area contributed by atoms with E-state index >= 15 is 0 Å². The fourth-order valence-corrected chi connectivity index (χ4v) is 5.61. The first-order valence-electron chi connectivity index (χ1n) is 13.5. The maximum Gasteiger partial charge on any atom is 0.0537 e. The van der Waals surface area contributed by atoms with Gasteiger partial charge in [0.25, 0.3) is 0 Å². The molecule has 6 rings (SSSR count). The largest absolute Gasteiger partial charge is 0.337 e. The van der Waals surface area contributed by atoms with E-state index in [2.05, 4.69) is 156 Å². The van der Waals surface area contributed by atoms with Crippen LogP contribution < -0.4 is 4.90 Å². The topological polar surface area (TPSA) is 8.17 Å². The summed E-state index contributed by atoms with van der Waals surface area (Å²) in [6.07, 6.45) is 15.9. The third-order valence-electron chi connectivity index (χ3n) is 7.38. The molecule has 0 N–H and O–H groups in total. The van der Waals surface area contributed by atoms with Gasteiger partial charge in [-0.05, 0) is 66.5 Å². The summed E-state index contributed by atoms with van der Waals surface area (Å²) in [5.41, 5.74) is 9.62. The van der Waals surface area contributed by atoms with Gasteiger partial charge in [-0.3, -0.25) is 0 Å². The minimum atomic E-state index is 0.807. The highest BCUT2D eigenvalue weighted by molar-refractivity contribution is 6.10. The molecule has 0 spiro atoms. The van der Waals surface area contributed by atoms with E-state index in [4.69, 9.17) is 0 Å². The predicted molar refractivity (Wildman–Crippen MR) is 169 cm³/mol. The van der Waals surface area contributed by atoms with E-state index < -0.39 is 0 Å². The molecule has 1 aromatic heterocycles. The van der Waals surface area contributed by atoms with Crippen molar-refractivity contribution in [2.45, 2.75) is 13.3 Å². The van der Waals surface area contributed by atoms with Crippen LogP contribution >= 0.6 is 0 Å². The first-order chi connectivity index (χ1) is 19.2. The maximum atomic E-state index is 4.03. The van der Waals surface area contributed by atoms with Crippen LogP contribution in [0.5, 0.6) is 0 Å². The molecule has 0 saturated heterocycles. The van der Waals surface area contributed by atoms with Gasteiger partial charge in [0, 0.05) is 34.4 Å². The number of hydrogen-bond donors (Lipinski definition) is 0. The normalized spacial score (nSPS) is 15.9. The Bertz CT molecular complexity index is 1740. The Morgan fingerprint density at radius 1 is 0.769 bits per heavy atom. The molecule has 0 aliphatic carbocycles. The molecule has 39 heavy (non-hydrogen) atoms. The molecular formula is C37H32N2. The summed E-state index contributed by atoms with van der Waals surface area (Å²) < 4.78 is 2.36. The van der Waals surface area contributed by atoms with E-state index in [-0.39, 0.29) is 0 Å². The molecule has 1 aliphatic rings. The van der Waals surface area contributed by atoms with Crippen molar-refractivity contribution < 1.29 is 0 Å². The van der Waals surface area contributed by atoms with Crippen LogP contribution in [-0.4, -0.2) is 11.1 Å². The summed E-state index contributed by atoms with van der Waals surface area (Å²) in [5.74, 6) is 0.